The van der Waals surface area contributed by atoms with Gasteiger partial charge in [-0.15, -0.1) is 0 Å². The van der Waals surface area contributed by atoms with E-state index < -0.39 is 16.8 Å². The Morgan fingerprint density at radius 3 is 2.58 bits per heavy atom. The average molecular weight is 579 g/mol. The van der Waals surface area contributed by atoms with Gasteiger partial charge in [0, 0.05) is 62.7 Å². The Balaban J connectivity index is 1.24. The molecule has 1 spiro atoms. The van der Waals surface area contributed by atoms with Gasteiger partial charge < -0.3 is 28.6 Å². The van der Waals surface area contributed by atoms with Crippen LogP contribution in [0.3, 0.4) is 0 Å². The summed E-state index contributed by atoms with van der Waals surface area (Å²) < 4.78 is 27.5. The Morgan fingerprint density at radius 2 is 1.81 bits per heavy atom. The van der Waals surface area contributed by atoms with Crippen LogP contribution in [0.4, 0.5) is 0 Å². The van der Waals surface area contributed by atoms with Crippen molar-refractivity contribution in [1.82, 2.24) is 9.47 Å². The summed E-state index contributed by atoms with van der Waals surface area (Å²) in [5.74, 6) is 0.743. The molecular formula is C36H38N2O5. The number of aromatic nitrogens is 1. The highest BCUT2D eigenvalue weighted by molar-refractivity contribution is 5.91. The molecule has 5 aliphatic rings. The first-order valence-electron chi connectivity index (χ1n) is 15.5. The van der Waals surface area contributed by atoms with Crippen molar-refractivity contribution < 1.29 is 24.1 Å². The summed E-state index contributed by atoms with van der Waals surface area (Å²) in [7, 11) is 5.16. The Bertz CT molecular complexity index is 1790. The fourth-order valence-corrected chi connectivity index (χ4v) is 9.87. The second-order valence-corrected chi connectivity index (χ2v) is 13.2. The molecule has 2 fully saturated rings. The zero-order chi connectivity index (χ0) is 29.3. The number of nitrogens with zero attached hydrogens (tertiary/aromatic N) is 2. The van der Waals surface area contributed by atoms with E-state index in [4.69, 9.17) is 18.9 Å². The number of piperidine rings is 1. The van der Waals surface area contributed by atoms with E-state index in [1.54, 1.807) is 21.3 Å². The summed E-state index contributed by atoms with van der Waals surface area (Å²) in [5.41, 5.74) is 6.66. The van der Waals surface area contributed by atoms with Crippen LogP contribution in [0.15, 0.2) is 60.7 Å². The van der Waals surface area contributed by atoms with Gasteiger partial charge in [-0.1, -0.05) is 54.6 Å². The third kappa shape index (κ3) is 2.99. The number of benzene rings is 3. The number of hydrogen-bond acceptors (Lipinski definition) is 6. The largest absolute Gasteiger partial charge is 0.493 e. The van der Waals surface area contributed by atoms with Gasteiger partial charge in [-0.2, -0.15) is 0 Å². The first-order valence-corrected chi connectivity index (χ1v) is 15.5. The van der Waals surface area contributed by atoms with Crippen LogP contribution in [-0.2, 0) is 40.1 Å². The lowest BCUT2D eigenvalue weighted by atomic mass is 9.58. The van der Waals surface area contributed by atoms with Crippen LogP contribution in [0, 0.1) is 6.92 Å². The second kappa shape index (κ2) is 8.63. The van der Waals surface area contributed by atoms with E-state index in [1.807, 2.05) is 6.07 Å². The van der Waals surface area contributed by atoms with Gasteiger partial charge >= 0.3 is 0 Å². The van der Waals surface area contributed by atoms with E-state index in [2.05, 4.69) is 71.0 Å². The molecule has 4 heterocycles. The number of hydrogen-bond donors (Lipinski definition) is 1. The molecule has 2 unspecified atom stereocenters. The Morgan fingerprint density at radius 1 is 1.00 bits per heavy atom. The van der Waals surface area contributed by atoms with Gasteiger partial charge in [-0.25, -0.2) is 0 Å². The maximum atomic E-state index is 13.3. The van der Waals surface area contributed by atoms with Crippen molar-refractivity contribution in [2.24, 2.45) is 0 Å². The summed E-state index contributed by atoms with van der Waals surface area (Å²) in [6.45, 7) is 3.85. The molecule has 1 aromatic heterocycles. The standard InChI is InChI=1S/C36H38N2O5/c1-21-13-14-27(40-2)31-28(21)34-20-26-32(37(26)17-15-22-9-6-5-7-10-22)35(34,39)19-24-23-11-8-12-25-29(23)38(30(24)33(34)43-31)18-16-36(25,41-3)42-4/h5-14,26,32-33,39H,15-20H2,1-4H3/t26?,32-,33+,34+,35-,37?/m1/s1. The first kappa shape index (κ1) is 26.1. The number of rotatable bonds is 6. The van der Waals surface area contributed by atoms with Crippen LogP contribution in [0.1, 0.15) is 52.5 Å². The van der Waals surface area contributed by atoms with E-state index in [-0.39, 0.29) is 12.1 Å². The molecule has 2 aliphatic carbocycles. The van der Waals surface area contributed by atoms with E-state index in [0.29, 0.717) is 18.9 Å². The summed E-state index contributed by atoms with van der Waals surface area (Å²) in [4.78, 5) is 2.54. The Hall–Kier alpha value is -3.36. The highest BCUT2D eigenvalue weighted by atomic mass is 16.7. The van der Waals surface area contributed by atoms with Crippen molar-refractivity contribution in [2.45, 2.75) is 74.1 Å². The van der Waals surface area contributed by atoms with E-state index in [0.717, 1.165) is 65.0 Å². The number of aliphatic hydroxyl groups is 1. The van der Waals surface area contributed by atoms with Crippen molar-refractivity contribution >= 4 is 10.9 Å². The second-order valence-electron chi connectivity index (χ2n) is 13.2. The number of para-hydroxylation sites is 1. The third-order valence-corrected chi connectivity index (χ3v) is 11.7. The topological polar surface area (TPSA) is 65.1 Å². The predicted molar refractivity (Wildman–Crippen MR) is 163 cm³/mol. The average Bonchev–Trinajstić information content (AvgIpc) is 3.31. The SMILES string of the molecule is COc1ccc(C)c2c1O[C@H]1c3c(c4cccc5c4n3CCC5(OC)OC)C[C@@]3(O)[C@H]4C(C[C@]213)N4CCc1ccccc1. The minimum atomic E-state index is -0.989. The molecule has 7 heteroatoms. The van der Waals surface area contributed by atoms with Crippen LogP contribution in [0.25, 0.3) is 10.9 Å². The van der Waals surface area contributed by atoms with Crippen molar-refractivity contribution in [3.63, 3.8) is 0 Å². The minimum absolute atomic E-state index is 0.0794. The maximum Gasteiger partial charge on any atom is 0.198 e. The lowest BCUT2D eigenvalue weighted by molar-refractivity contribution is -0.223. The molecule has 0 amide bonds. The van der Waals surface area contributed by atoms with Gasteiger partial charge in [-0.3, -0.25) is 4.90 Å². The lowest BCUT2D eigenvalue weighted by Crippen LogP contribution is -2.60. The van der Waals surface area contributed by atoms with E-state index >= 15 is 0 Å². The van der Waals surface area contributed by atoms with Crippen LogP contribution in [-0.4, -0.2) is 60.1 Å². The molecule has 1 saturated carbocycles. The Kier molecular flexibility index (Phi) is 5.23. The smallest absolute Gasteiger partial charge is 0.198 e. The van der Waals surface area contributed by atoms with Crippen LogP contribution in [0.2, 0.25) is 0 Å². The molecule has 43 heavy (non-hydrogen) atoms. The van der Waals surface area contributed by atoms with Crippen molar-refractivity contribution in [3.05, 3.63) is 94.2 Å². The molecule has 7 nitrogen and oxygen atoms in total. The molecule has 1 N–H and O–H groups in total. The number of likely N-dealkylation sites (tertiary alicyclic amines) is 1. The molecule has 9 rings (SSSR count). The van der Waals surface area contributed by atoms with Gasteiger partial charge in [0.1, 0.15) is 0 Å². The van der Waals surface area contributed by atoms with Crippen LogP contribution in [0.5, 0.6) is 11.5 Å². The lowest BCUT2D eigenvalue weighted by Gasteiger charge is -2.50. The first-order chi connectivity index (χ1) is 20.9. The number of aryl methyl sites for hydroxylation is 2. The quantitative estimate of drug-likeness (QED) is 0.252. The predicted octanol–water partition coefficient (Wildman–Crippen LogP) is 5.17. The summed E-state index contributed by atoms with van der Waals surface area (Å²) in [5, 5.41) is 14.5. The molecule has 3 aromatic carbocycles. The minimum Gasteiger partial charge on any atom is -0.493 e. The van der Waals surface area contributed by atoms with Crippen molar-refractivity contribution in [2.75, 3.05) is 27.9 Å². The number of fused-ring (bicyclic) bond motifs is 7. The maximum absolute atomic E-state index is 13.3. The van der Waals surface area contributed by atoms with Crippen molar-refractivity contribution in [3.8, 4) is 11.5 Å². The zero-order valence-electron chi connectivity index (χ0n) is 25.2. The van der Waals surface area contributed by atoms with E-state index in [9.17, 15) is 5.11 Å². The molecule has 0 radical (unpaired) electrons. The monoisotopic (exact) mass is 578 g/mol. The molecule has 4 aromatic rings. The van der Waals surface area contributed by atoms with Crippen LogP contribution >= 0.6 is 0 Å². The summed E-state index contributed by atoms with van der Waals surface area (Å²) in [6, 6.07) is 21.6. The third-order valence-electron chi connectivity index (χ3n) is 11.7. The molecule has 222 valence electrons. The van der Waals surface area contributed by atoms with Gasteiger partial charge in [0.05, 0.1) is 35.4 Å². The van der Waals surface area contributed by atoms with Gasteiger partial charge in [0.25, 0.3) is 0 Å². The van der Waals surface area contributed by atoms with Gasteiger partial charge in [-0.05, 0) is 42.5 Å². The fourth-order valence-electron chi connectivity index (χ4n) is 9.87. The van der Waals surface area contributed by atoms with Gasteiger partial charge in [0.2, 0.25) is 0 Å². The highest BCUT2D eigenvalue weighted by Gasteiger charge is 2.81. The van der Waals surface area contributed by atoms with E-state index in [1.165, 1.54) is 16.8 Å². The summed E-state index contributed by atoms with van der Waals surface area (Å²) in [6.07, 6.45) is 2.81. The fraction of sp³-hybridized carbons (Fsp3) is 0.444. The Labute approximate surface area is 251 Å². The normalized spacial score (nSPS) is 31.9. The molecular weight excluding hydrogens is 540 g/mol. The van der Waals surface area contributed by atoms with Crippen molar-refractivity contribution in [1.29, 1.82) is 0 Å². The number of ether oxygens (including phenoxy) is 4. The molecule has 0 bridgehead atoms. The molecule has 3 aliphatic heterocycles. The highest BCUT2D eigenvalue weighted by Crippen LogP contribution is 2.73. The zero-order valence-corrected chi connectivity index (χ0v) is 25.2. The molecule has 6 atom stereocenters. The number of methoxy groups -OCH3 is 3. The summed E-state index contributed by atoms with van der Waals surface area (Å²) >= 11 is 0. The van der Waals surface area contributed by atoms with Gasteiger partial charge in [0.15, 0.2) is 23.4 Å². The molecule has 1 saturated heterocycles. The van der Waals surface area contributed by atoms with Crippen LogP contribution < -0.4 is 9.47 Å².